The molecule has 0 spiro atoms. The molecule has 20 heavy (non-hydrogen) atoms. The summed E-state index contributed by atoms with van der Waals surface area (Å²) in [6.07, 6.45) is -1.22. The van der Waals surface area contributed by atoms with Crippen molar-refractivity contribution in [3.05, 3.63) is 29.3 Å². The fourth-order valence-electron chi connectivity index (χ4n) is 1.68. The first-order valence-corrected chi connectivity index (χ1v) is 6.33. The zero-order chi connectivity index (χ0) is 15.1. The lowest BCUT2D eigenvalue weighted by molar-refractivity contribution is -0.127. The third-order valence-electron chi connectivity index (χ3n) is 2.61. The van der Waals surface area contributed by atoms with Crippen LogP contribution in [0.5, 0.6) is 5.75 Å². The maximum absolute atomic E-state index is 11.4. The van der Waals surface area contributed by atoms with E-state index >= 15 is 0 Å². The number of carbonyl (C=O) groups is 2. The van der Waals surface area contributed by atoms with Gasteiger partial charge >= 0.3 is 0 Å². The molecule has 4 N–H and O–H groups in total. The summed E-state index contributed by atoms with van der Waals surface area (Å²) >= 11 is 0. The fourth-order valence-corrected chi connectivity index (χ4v) is 1.68. The predicted molar refractivity (Wildman–Crippen MR) is 74.2 cm³/mol. The van der Waals surface area contributed by atoms with Crippen molar-refractivity contribution in [2.24, 2.45) is 5.73 Å². The molecule has 2 amide bonds. The summed E-state index contributed by atoms with van der Waals surface area (Å²) in [5.41, 5.74) is 7.05. The zero-order valence-corrected chi connectivity index (χ0v) is 11.7. The van der Waals surface area contributed by atoms with E-state index in [1.54, 1.807) is 0 Å². The molecule has 6 nitrogen and oxygen atoms in total. The van der Waals surface area contributed by atoms with Gasteiger partial charge in [-0.15, -0.1) is 0 Å². The third kappa shape index (κ3) is 5.71. The SMILES string of the molecule is Cc1cc(C)cc(OCCC(=O)NCC(O)C(N)=O)c1. The van der Waals surface area contributed by atoms with Gasteiger partial charge in [0.15, 0.2) is 0 Å². The van der Waals surface area contributed by atoms with E-state index in [0.717, 1.165) is 11.1 Å². The van der Waals surface area contributed by atoms with E-state index in [2.05, 4.69) is 5.32 Å². The molecule has 6 heteroatoms. The molecule has 0 aromatic heterocycles. The minimum Gasteiger partial charge on any atom is -0.493 e. The first-order chi connectivity index (χ1) is 9.38. The molecule has 0 bridgehead atoms. The van der Waals surface area contributed by atoms with Crippen LogP contribution in [-0.4, -0.2) is 36.2 Å². The number of aryl methyl sites for hydroxylation is 2. The van der Waals surface area contributed by atoms with Crippen LogP contribution in [0.3, 0.4) is 0 Å². The van der Waals surface area contributed by atoms with Gasteiger partial charge in [0, 0.05) is 0 Å². The summed E-state index contributed by atoms with van der Waals surface area (Å²) in [5.74, 6) is -0.459. The van der Waals surface area contributed by atoms with Crippen molar-refractivity contribution in [2.75, 3.05) is 13.2 Å². The second-order valence-corrected chi connectivity index (χ2v) is 4.64. The molecule has 0 saturated carbocycles. The van der Waals surface area contributed by atoms with Gasteiger partial charge in [-0.3, -0.25) is 9.59 Å². The Morgan fingerprint density at radius 2 is 1.90 bits per heavy atom. The van der Waals surface area contributed by atoms with E-state index in [1.807, 2.05) is 32.0 Å². The molecule has 110 valence electrons. The lowest BCUT2D eigenvalue weighted by Gasteiger charge is -2.10. The molecule has 0 aliphatic carbocycles. The lowest BCUT2D eigenvalue weighted by atomic mass is 10.1. The summed E-state index contributed by atoms with van der Waals surface area (Å²) in [7, 11) is 0. The van der Waals surface area contributed by atoms with E-state index in [9.17, 15) is 9.59 Å². The molecule has 0 fully saturated rings. The van der Waals surface area contributed by atoms with Crippen LogP contribution < -0.4 is 15.8 Å². The van der Waals surface area contributed by atoms with Gasteiger partial charge in [0.25, 0.3) is 0 Å². The summed E-state index contributed by atoms with van der Waals surface area (Å²) in [6, 6.07) is 5.81. The van der Waals surface area contributed by atoms with Crippen molar-refractivity contribution < 1.29 is 19.4 Å². The topological polar surface area (TPSA) is 102 Å². The summed E-state index contributed by atoms with van der Waals surface area (Å²) in [6.45, 7) is 3.98. The molecule has 0 radical (unpaired) electrons. The number of carbonyl (C=O) groups excluding carboxylic acids is 2. The Balaban J connectivity index is 2.30. The second kappa shape index (κ2) is 7.49. The van der Waals surface area contributed by atoms with Crippen molar-refractivity contribution in [1.82, 2.24) is 5.32 Å². The van der Waals surface area contributed by atoms with Crippen LogP contribution in [0.1, 0.15) is 17.5 Å². The summed E-state index contributed by atoms with van der Waals surface area (Å²) < 4.78 is 5.48. The van der Waals surface area contributed by atoms with Crippen LogP contribution in [0.15, 0.2) is 18.2 Å². The highest BCUT2D eigenvalue weighted by molar-refractivity contribution is 5.80. The molecule has 1 unspecified atom stereocenters. The Hall–Kier alpha value is -2.08. The smallest absolute Gasteiger partial charge is 0.248 e. The Morgan fingerprint density at radius 1 is 1.30 bits per heavy atom. The number of ether oxygens (including phenoxy) is 1. The number of nitrogens with one attached hydrogen (secondary N) is 1. The zero-order valence-electron chi connectivity index (χ0n) is 11.7. The summed E-state index contributed by atoms with van der Waals surface area (Å²) in [4.78, 5) is 22.0. The van der Waals surface area contributed by atoms with E-state index < -0.39 is 12.0 Å². The van der Waals surface area contributed by atoms with Gasteiger partial charge in [-0.2, -0.15) is 0 Å². The maximum Gasteiger partial charge on any atom is 0.248 e. The van der Waals surface area contributed by atoms with Crippen molar-refractivity contribution >= 4 is 11.8 Å². The Labute approximate surface area is 117 Å². The summed E-state index contributed by atoms with van der Waals surface area (Å²) in [5, 5.41) is 11.5. The second-order valence-electron chi connectivity index (χ2n) is 4.64. The molecule has 1 aromatic rings. The molecule has 0 aliphatic heterocycles. The predicted octanol–water partition coefficient (Wildman–Crippen LogP) is 0.0347. The van der Waals surface area contributed by atoms with Gasteiger partial charge in [-0.25, -0.2) is 0 Å². The Kier molecular flexibility index (Phi) is 5.99. The highest BCUT2D eigenvalue weighted by Gasteiger charge is 2.12. The van der Waals surface area contributed by atoms with E-state index in [4.69, 9.17) is 15.6 Å². The Bertz CT molecular complexity index is 468. The van der Waals surface area contributed by atoms with Gasteiger partial charge in [0.2, 0.25) is 11.8 Å². The van der Waals surface area contributed by atoms with E-state index in [0.29, 0.717) is 5.75 Å². The number of aliphatic hydroxyl groups is 1. The molecule has 1 atom stereocenters. The molecular weight excluding hydrogens is 260 g/mol. The van der Waals surface area contributed by atoms with E-state index in [1.165, 1.54) is 0 Å². The van der Waals surface area contributed by atoms with Crippen molar-refractivity contribution in [3.8, 4) is 5.75 Å². The monoisotopic (exact) mass is 280 g/mol. The number of amides is 2. The van der Waals surface area contributed by atoms with Crippen LogP contribution in [-0.2, 0) is 9.59 Å². The minimum atomic E-state index is -1.36. The van der Waals surface area contributed by atoms with Crippen LogP contribution >= 0.6 is 0 Å². The first-order valence-electron chi connectivity index (χ1n) is 6.33. The van der Waals surface area contributed by atoms with Crippen molar-refractivity contribution in [3.63, 3.8) is 0 Å². The third-order valence-corrected chi connectivity index (χ3v) is 2.61. The number of benzene rings is 1. The quantitative estimate of drug-likeness (QED) is 0.656. The highest BCUT2D eigenvalue weighted by Crippen LogP contribution is 2.16. The van der Waals surface area contributed by atoms with Crippen molar-refractivity contribution in [1.29, 1.82) is 0 Å². The Morgan fingerprint density at radius 3 is 2.45 bits per heavy atom. The van der Waals surface area contributed by atoms with Gasteiger partial charge in [0.05, 0.1) is 19.6 Å². The van der Waals surface area contributed by atoms with Crippen LogP contribution in [0.25, 0.3) is 0 Å². The number of rotatable bonds is 7. The number of nitrogens with two attached hydrogens (primary N) is 1. The number of primary amides is 1. The van der Waals surface area contributed by atoms with Gasteiger partial charge < -0.3 is 20.9 Å². The van der Waals surface area contributed by atoms with Gasteiger partial charge in [0.1, 0.15) is 11.9 Å². The van der Waals surface area contributed by atoms with Crippen LogP contribution in [0.4, 0.5) is 0 Å². The van der Waals surface area contributed by atoms with Gasteiger partial charge in [-0.1, -0.05) is 6.07 Å². The maximum atomic E-state index is 11.4. The standard InChI is InChI=1S/C14H20N2O4/c1-9-5-10(2)7-11(6-9)20-4-3-13(18)16-8-12(17)14(15)19/h5-7,12,17H,3-4,8H2,1-2H3,(H2,15,19)(H,16,18). The van der Waals surface area contributed by atoms with Crippen LogP contribution in [0.2, 0.25) is 0 Å². The van der Waals surface area contributed by atoms with Crippen molar-refractivity contribution in [2.45, 2.75) is 26.4 Å². The molecule has 0 aliphatic rings. The van der Waals surface area contributed by atoms with Crippen LogP contribution in [0, 0.1) is 13.8 Å². The largest absolute Gasteiger partial charge is 0.493 e. The molecule has 0 heterocycles. The molecular formula is C14H20N2O4. The number of aliphatic hydroxyl groups excluding tert-OH is 1. The molecule has 1 rings (SSSR count). The number of hydrogen-bond acceptors (Lipinski definition) is 4. The van der Waals surface area contributed by atoms with E-state index in [-0.39, 0.29) is 25.5 Å². The average Bonchev–Trinajstić information content (AvgIpc) is 2.34. The lowest BCUT2D eigenvalue weighted by Crippen LogP contribution is -2.40. The molecule has 1 aromatic carbocycles. The normalized spacial score (nSPS) is 11.8. The number of hydrogen-bond donors (Lipinski definition) is 3. The highest BCUT2D eigenvalue weighted by atomic mass is 16.5. The molecule has 0 saturated heterocycles. The fraction of sp³-hybridized carbons (Fsp3) is 0.429. The van der Waals surface area contributed by atoms with Gasteiger partial charge in [-0.05, 0) is 37.1 Å². The first kappa shape index (κ1) is 16.0. The average molecular weight is 280 g/mol. The minimum absolute atomic E-state index is 0.137.